The first-order valence-corrected chi connectivity index (χ1v) is 10.0. The summed E-state index contributed by atoms with van der Waals surface area (Å²) in [6.07, 6.45) is 8.02. The Hall–Kier alpha value is -2.89. The number of nitrogens with zero attached hydrogens (tertiary/aromatic N) is 4. The number of H-pyrrole nitrogens is 1. The van der Waals surface area contributed by atoms with Gasteiger partial charge in [0.25, 0.3) is 5.91 Å². The second-order valence-electron chi connectivity index (χ2n) is 7.58. The summed E-state index contributed by atoms with van der Waals surface area (Å²) in [7, 11) is 0. The average molecular weight is 377 g/mol. The molecular formula is C22H27N5O. The van der Waals surface area contributed by atoms with Crippen molar-refractivity contribution in [2.45, 2.75) is 52.1 Å². The number of aryl methyl sites for hydroxylation is 3. The molecule has 6 heteroatoms. The monoisotopic (exact) mass is 377 g/mol. The molecule has 0 spiro atoms. The molecule has 1 aromatic carbocycles. The number of hydrogen-bond donors (Lipinski definition) is 1. The van der Waals surface area contributed by atoms with Gasteiger partial charge in [-0.3, -0.25) is 9.48 Å². The number of aromatic nitrogens is 4. The zero-order valence-electron chi connectivity index (χ0n) is 16.6. The fourth-order valence-corrected chi connectivity index (χ4v) is 4.14. The first-order chi connectivity index (χ1) is 13.6. The molecular weight excluding hydrogens is 350 g/mol. The molecule has 1 saturated heterocycles. The molecule has 146 valence electrons. The quantitative estimate of drug-likeness (QED) is 0.731. The van der Waals surface area contributed by atoms with Gasteiger partial charge < -0.3 is 9.88 Å². The number of nitrogens with one attached hydrogen (secondary N) is 1. The van der Waals surface area contributed by atoms with Crippen molar-refractivity contribution in [3.63, 3.8) is 0 Å². The van der Waals surface area contributed by atoms with Crippen LogP contribution in [-0.2, 0) is 6.54 Å². The summed E-state index contributed by atoms with van der Waals surface area (Å²) in [5.41, 5.74) is 3.67. The van der Waals surface area contributed by atoms with Crippen LogP contribution in [0.2, 0.25) is 0 Å². The number of carbonyl (C=O) groups excluding carboxylic acids is 1. The molecule has 2 aromatic heterocycles. The number of piperidine rings is 1. The molecule has 0 radical (unpaired) electrons. The molecule has 1 N–H and O–H groups in total. The number of rotatable bonds is 5. The zero-order valence-corrected chi connectivity index (χ0v) is 16.6. The van der Waals surface area contributed by atoms with Crippen LogP contribution in [0.25, 0.3) is 11.3 Å². The van der Waals surface area contributed by atoms with E-state index in [-0.39, 0.29) is 11.9 Å². The van der Waals surface area contributed by atoms with Gasteiger partial charge in [-0.2, -0.15) is 5.10 Å². The highest BCUT2D eigenvalue weighted by Gasteiger charge is 2.27. The van der Waals surface area contributed by atoms with Gasteiger partial charge in [0.05, 0.1) is 5.69 Å². The maximum atomic E-state index is 13.3. The Morgan fingerprint density at radius 2 is 2.14 bits per heavy atom. The second kappa shape index (κ2) is 8.00. The lowest BCUT2D eigenvalue weighted by atomic mass is 9.97. The van der Waals surface area contributed by atoms with E-state index in [1.54, 1.807) is 6.20 Å². The normalized spacial score (nSPS) is 17.1. The molecule has 28 heavy (non-hydrogen) atoms. The maximum Gasteiger partial charge on any atom is 0.254 e. The van der Waals surface area contributed by atoms with Crippen molar-refractivity contribution >= 4 is 5.91 Å². The fraction of sp³-hybridized carbons (Fsp3) is 0.409. The molecule has 0 bridgehead atoms. The third-order valence-corrected chi connectivity index (χ3v) is 5.52. The lowest BCUT2D eigenvalue weighted by molar-refractivity contribution is 0.0594. The number of benzene rings is 1. The molecule has 1 unspecified atom stereocenters. The number of amides is 1. The van der Waals surface area contributed by atoms with E-state index in [2.05, 4.69) is 20.0 Å². The van der Waals surface area contributed by atoms with Gasteiger partial charge >= 0.3 is 0 Å². The number of aromatic amines is 1. The van der Waals surface area contributed by atoms with E-state index >= 15 is 0 Å². The number of hydrogen-bond acceptors (Lipinski definition) is 3. The van der Waals surface area contributed by atoms with E-state index in [1.165, 1.54) is 6.42 Å². The maximum absolute atomic E-state index is 13.3. The molecule has 1 aliphatic heterocycles. The number of imidazole rings is 1. The van der Waals surface area contributed by atoms with Gasteiger partial charge in [-0.05, 0) is 57.7 Å². The van der Waals surface area contributed by atoms with Crippen LogP contribution in [0.3, 0.4) is 0 Å². The average Bonchev–Trinajstić information content (AvgIpc) is 3.35. The Morgan fingerprint density at radius 3 is 2.89 bits per heavy atom. The third kappa shape index (κ3) is 3.86. The molecule has 3 heterocycles. The third-order valence-electron chi connectivity index (χ3n) is 5.52. The summed E-state index contributed by atoms with van der Waals surface area (Å²) < 4.78 is 1.95. The summed E-state index contributed by atoms with van der Waals surface area (Å²) in [6.45, 7) is 5.63. The van der Waals surface area contributed by atoms with Crippen LogP contribution < -0.4 is 0 Å². The van der Waals surface area contributed by atoms with Crippen LogP contribution in [0.1, 0.15) is 47.6 Å². The Bertz CT molecular complexity index is 944. The molecule has 6 nitrogen and oxygen atoms in total. The molecule has 0 saturated carbocycles. The largest absolute Gasteiger partial charge is 0.346 e. The van der Waals surface area contributed by atoms with Gasteiger partial charge in [-0.25, -0.2) is 4.98 Å². The Kier molecular flexibility index (Phi) is 5.28. The standard InChI is InChI=1S/C22H27N5O/c1-16-21(25-17(2)24-16)18-7-5-8-19(15-18)22(28)27-13-4-3-9-20(27)10-14-26-12-6-11-23-26/h5-8,11-12,15,20H,3-4,9-10,13-14H2,1-2H3,(H,24,25). The van der Waals surface area contributed by atoms with Crippen molar-refractivity contribution in [2.75, 3.05) is 6.54 Å². The highest BCUT2D eigenvalue weighted by molar-refractivity contribution is 5.95. The van der Waals surface area contributed by atoms with E-state index in [0.717, 1.165) is 60.7 Å². The van der Waals surface area contributed by atoms with Gasteiger partial charge in [-0.1, -0.05) is 12.1 Å². The summed E-state index contributed by atoms with van der Waals surface area (Å²) >= 11 is 0. The lowest BCUT2D eigenvalue weighted by Gasteiger charge is -2.36. The van der Waals surface area contributed by atoms with E-state index in [0.29, 0.717) is 0 Å². The highest BCUT2D eigenvalue weighted by atomic mass is 16.2. The molecule has 1 amide bonds. The first kappa shape index (κ1) is 18.5. The SMILES string of the molecule is Cc1nc(-c2cccc(C(=O)N3CCCCC3CCn3cccn3)c2)c(C)[nH]1. The van der Waals surface area contributed by atoms with Crippen LogP contribution in [0.5, 0.6) is 0 Å². The molecule has 4 rings (SSSR count). The highest BCUT2D eigenvalue weighted by Crippen LogP contribution is 2.26. The molecule has 1 aliphatic rings. The minimum absolute atomic E-state index is 0.122. The summed E-state index contributed by atoms with van der Waals surface area (Å²) in [4.78, 5) is 23.2. The fourth-order valence-electron chi connectivity index (χ4n) is 4.14. The van der Waals surface area contributed by atoms with Gasteiger partial charge in [0.2, 0.25) is 0 Å². The minimum Gasteiger partial charge on any atom is -0.346 e. The summed E-state index contributed by atoms with van der Waals surface area (Å²) in [6, 6.07) is 10.1. The van der Waals surface area contributed by atoms with E-state index in [1.807, 2.05) is 55.1 Å². The predicted molar refractivity (Wildman–Crippen MR) is 109 cm³/mol. The van der Waals surface area contributed by atoms with Crippen molar-refractivity contribution in [1.29, 1.82) is 0 Å². The van der Waals surface area contributed by atoms with Crippen molar-refractivity contribution in [3.8, 4) is 11.3 Å². The van der Waals surface area contributed by atoms with Crippen LogP contribution in [0.4, 0.5) is 0 Å². The Labute approximate surface area is 165 Å². The zero-order chi connectivity index (χ0) is 19.5. The van der Waals surface area contributed by atoms with Crippen molar-refractivity contribution in [1.82, 2.24) is 24.6 Å². The van der Waals surface area contributed by atoms with Crippen molar-refractivity contribution in [2.24, 2.45) is 0 Å². The molecule has 1 fully saturated rings. The number of likely N-dealkylation sites (tertiary alicyclic amines) is 1. The Balaban J connectivity index is 1.53. The Morgan fingerprint density at radius 1 is 1.25 bits per heavy atom. The lowest BCUT2D eigenvalue weighted by Crippen LogP contribution is -2.44. The first-order valence-electron chi connectivity index (χ1n) is 10.0. The second-order valence-corrected chi connectivity index (χ2v) is 7.58. The van der Waals surface area contributed by atoms with Crippen LogP contribution >= 0.6 is 0 Å². The van der Waals surface area contributed by atoms with Gasteiger partial charge in [0.1, 0.15) is 5.82 Å². The minimum atomic E-state index is 0.122. The van der Waals surface area contributed by atoms with Crippen LogP contribution in [-0.4, -0.2) is 43.1 Å². The summed E-state index contributed by atoms with van der Waals surface area (Å²) in [5.74, 6) is 1.01. The predicted octanol–water partition coefficient (Wildman–Crippen LogP) is 3.98. The van der Waals surface area contributed by atoms with Gasteiger partial charge in [0.15, 0.2) is 0 Å². The van der Waals surface area contributed by atoms with E-state index < -0.39 is 0 Å². The molecule has 3 aromatic rings. The molecule has 1 atom stereocenters. The van der Waals surface area contributed by atoms with Crippen molar-refractivity contribution < 1.29 is 4.79 Å². The number of carbonyl (C=O) groups is 1. The van der Waals surface area contributed by atoms with Gasteiger partial charge in [-0.15, -0.1) is 0 Å². The smallest absolute Gasteiger partial charge is 0.254 e. The topological polar surface area (TPSA) is 66.8 Å². The van der Waals surface area contributed by atoms with E-state index in [4.69, 9.17) is 0 Å². The van der Waals surface area contributed by atoms with Crippen LogP contribution in [0, 0.1) is 13.8 Å². The van der Waals surface area contributed by atoms with Crippen molar-refractivity contribution in [3.05, 3.63) is 59.8 Å². The van der Waals surface area contributed by atoms with E-state index in [9.17, 15) is 4.79 Å². The summed E-state index contributed by atoms with van der Waals surface area (Å²) in [5, 5.41) is 4.29. The van der Waals surface area contributed by atoms with Crippen LogP contribution in [0.15, 0.2) is 42.7 Å². The van der Waals surface area contributed by atoms with Gasteiger partial charge in [0, 0.05) is 48.3 Å². The molecule has 0 aliphatic carbocycles.